The quantitative estimate of drug-likeness (QED) is 0.461. The van der Waals surface area contributed by atoms with Crippen molar-refractivity contribution in [3.8, 4) is 11.4 Å². The number of aromatic nitrogens is 4. The van der Waals surface area contributed by atoms with Crippen molar-refractivity contribution in [1.29, 1.82) is 0 Å². The average Bonchev–Trinajstić information content (AvgIpc) is 3.21. The molecule has 0 saturated carbocycles. The Morgan fingerprint density at radius 1 is 1.11 bits per heavy atom. The molecule has 0 saturated heterocycles. The molecule has 0 radical (unpaired) electrons. The second kappa shape index (κ2) is 9.14. The smallest absolute Gasteiger partial charge is 0.224 e. The molecule has 0 aliphatic rings. The van der Waals surface area contributed by atoms with Gasteiger partial charge in [0.2, 0.25) is 11.1 Å². The fraction of sp³-hybridized carbons (Fsp3) is 0.211. The van der Waals surface area contributed by atoms with Crippen molar-refractivity contribution >= 4 is 29.1 Å². The molecule has 3 aromatic rings. The van der Waals surface area contributed by atoms with Crippen LogP contribution in [0.5, 0.6) is 5.75 Å². The molecule has 0 atom stereocenters. The van der Waals surface area contributed by atoms with Gasteiger partial charge in [-0.3, -0.25) is 9.59 Å². The van der Waals surface area contributed by atoms with Crippen LogP contribution >= 0.6 is 11.8 Å². The number of Topliss-reactive ketones (excluding diaryl/α,β-unsaturated/α-hetero) is 1. The Balaban J connectivity index is 1.63. The Kier molecular flexibility index (Phi) is 6.38. The highest BCUT2D eigenvalue weighted by atomic mass is 32.2. The van der Waals surface area contributed by atoms with E-state index in [2.05, 4.69) is 20.8 Å². The van der Waals surface area contributed by atoms with Crippen molar-refractivity contribution < 1.29 is 14.3 Å². The van der Waals surface area contributed by atoms with Gasteiger partial charge in [0.25, 0.3) is 0 Å². The maximum Gasteiger partial charge on any atom is 0.224 e. The molecule has 1 aromatic heterocycles. The Morgan fingerprint density at radius 2 is 1.82 bits per heavy atom. The summed E-state index contributed by atoms with van der Waals surface area (Å²) in [5, 5.41) is 14.9. The van der Waals surface area contributed by atoms with Crippen molar-refractivity contribution in [3.05, 3.63) is 54.1 Å². The number of rotatable bonds is 8. The average molecular weight is 397 g/mol. The molecule has 9 heteroatoms. The topological polar surface area (TPSA) is 99.0 Å². The predicted molar refractivity (Wildman–Crippen MR) is 106 cm³/mol. The van der Waals surface area contributed by atoms with Crippen LogP contribution in [-0.2, 0) is 4.79 Å². The van der Waals surface area contributed by atoms with Crippen molar-refractivity contribution in [2.75, 3.05) is 18.2 Å². The summed E-state index contributed by atoms with van der Waals surface area (Å²) in [7, 11) is 1.60. The molecule has 3 rings (SSSR count). The highest BCUT2D eigenvalue weighted by Crippen LogP contribution is 2.21. The van der Waals surface area contributed by atoms with E-state index in [1.54, 1.807) is 43.0 Å². The zero-order valence-corrected chi connectivity index (χ0v) is 16.3. The summed E-state index contributed by atoms with van der Waals surface area (Å²) in [6.07, 6.45) is 0.403. The molecule has 0 aliphatic carbocycles. The van der Waals surface area contributed by atoms with Crippen LogP contribution in [0.2, 0.25) is 0 Å². The number of nitrogens with one attached hydrogen (secondary N) is 1. The predicted octanol–water partition coefficient (Wildman–Crippen LogP) is 2.99. The van der Waals surface area contributed by atoms with Gasteiger partial charge in [-0.15, -0.1) is 5.10 Å². The van der Waals surface area contributed by atoms with Crippen molar-refractivity contribution in [2.24, 2.45) is 0 Å². The number of methoxy groups -OCH3 is 1. The number of amides is 1. The molecule has 1 heterocycles. The minimum Gasteiger partial charge on any atom is -0.497 e. The third-order valence-electron chi connectivity index (χ3n) is 3.90. The van der Waals surface area contributed by atoms with Gasteiger partial charge in [-0.1, -0.05) is 18.7 Å². The van der Waals surface area contributed by atoms with E-state index >= 15 is 0 Å². The number of ketones is 1. The number of thioether (sulfide) groups is 1. The largest absolute Gasteiger partial charge is 0.497 e. The first kappa shape index (κ1) is 19.6. The van der Waals surface area contributed by atoms with E-state index in [9.17, 15) is 9.59 Å². The number of hydrogen-bond donors (Lipinski definition) is 1. The van der Waals surface area contributed by atoms with Crippen LogP contribution in [0.4, 0.5) is 5.69 Å². The molecule has 0 unspecified atom stereocenters. The van der Waals surface area contributed by atoms with E-state index in [4.69, 9.17) is 4.74 Å². The van der Waals surface area contributed by atoms with E-state index in [0.717, 1.165) is 11.4 Å². The maximum atomic E-state index is 12.5. The maximum absolute atomic E-state index is 12.5. The number of hydrogen-bond acceptors (Lipinski definition) is 7. The normalized spacial score (nSPS) is 10.5. The molecule has 0 aliphatic heterocycles. The number of nitrogens with zero attached hydrogens (tertiary/aromatic N) is 4. The number of carbonyl (C=O) groups is 2. The summed E-state index contributed by atoms with van der Waals surface area (Å²) in [6, 6.07) is 14.1. The van der Waals surface area contributed by atoms with Crippen LogP contribution < -0.4 is 10.1 Å². The second-order valence-corrected chi connectivity index (χ2v) is 6.70. The molecule has 144 valence electrons. The van der Waals surface area contributed by atoms with E-state index in [1.807, 2.05) is 24.3 Å². The first-order chi connectivity index (χ1) is 13.6. The van der Waals surface area contributed by atoms with Gasteiger partial charge in [-0.05, 0) is 59.0 Å². The van der Waals surface area contributed by atoms with E-state index < -0.39 is 0 Å². The highest BCUT2D eigenvalue weighted by Gasteiger charge is 2.13. The zero-order valence-electron chi connectivity index (χ0n) is 15.5. The molecule has 2 aromatic carbocycles. The lowest BCUT2D eigenvalue weighted by molar-refractivity contribution is -0.115. The third kappa shape index (κ3) is 4.74. The summed E-state index contributed by atoms with van der Waals surface area (Å²) in [4.78, 5) is 23.9. The monoisotopic (exact) mass is 397 g/mol. The number of anilines is 1. The number of benzene rings is 2. The molecular weight excluding hydrogens is 378 g/mol. The molecule has 1 N–H and O–H groups in total. The van der Waals surface area contributed by atoms with E-state index in [1.165, 1.54) is 11.8 Å². The second-order valence-electron chi connectivity index (χ2n) is 5.76. The fourth-order valence-corrected chi connectivity index (χ4v) is 3.14. The summed E-state index contributed by atoms with van der Waals surface area (Å²) in [5.74, 6) is 0.805. The molecule has 1 amide bonds. The van der Waals surface area contributed by atoms with Gasteiger partial charge >= 0.3 is 0 Å². The zero-order chi connectivity index (χ0) is 19.9. The van der Waals surface area contributed by atoms with Crippen LogP contribution in [0.15, 0.2) is 53.7 Å². The molecule has 28 heavy (non-hydrogen) atoms. The number of carbonyl (C=O) groups excluding carboxylic acids is 2. The minimum absolute atomic E-state index is 0.0531. The van der Waals surface area contributed by atoms with Gasteiger partial charge < -0.3 is 10.1 Å². The molecule has 8 nitrogen and oxygen atoms in total. The van der Waals surface area contributed by atoms with Crippen LogP contribution in [0, 0.1) is 0 Å². The third-order valence-corrected chi connectivity index (χ3v) is 4.82. The Labute approximate surface area is 166 Å². The van der Waals surface area contributed by atoms with Gasteiger partial charge in [-0.2, -0.15) is 4.68 Å². The fourth-order valence-electron chi connectivity index (χ4n) is 2.36. The minimum atomic E-state index is -0.0694. The lowest BCUT2D eigenvalue weighted by atomic mass is 10.1. The Hall–Kier alpha value is -3.20. The lowest BCUT2D eigenvalue weighted by Gasteiger charge is -2.06. The first-order valence-corrected chi connectivity index (χ1v) is 9.58. The van der Waals surface area contributed by atoms with Crippen LogP contribution in [0.1, 0.15) is 23.7 Å². The number of tetrazole rings is 1. The van der Waals surface area contributed by atoms with Crippen LogP contribution in [0.3, 0.4) is 0 Å². The molecule has 0 spiro atoms. The highest BCUT2D eigenvalue weighted by molar-refractivity contribution is 7.99. The summed E-state index contributed by atoms with van der Waals surface area (Å²) in [6.45, 7) is 1.78. The summed E-state index contributed by atoms with van der Waals surface area (Å²) >= 11 is 1.26. The standard InChI is InChI=1S/C19H19N5O3S/c1-3-18(26)20-14-6-4-13(5-7-14)17(25)12-28-19-21-22-23-24(19)15-8-10-16(27-2)11-9-15/h4-11H,3,12H2,1-2H3,(H,20,26). The van der Waals surface area contributed by atoms with Crippen LogP contribution in [-0.4, -0.2) is 44.8 Å². The van der Waals surface area contributed by atoms with E-state index in [-0.39, 0.29) is 17.4 Å². The first-order valence-electron chi connectivity index (χ1n) is 8.59. The number of ether oxygens (including phenoxy) is 1. The van der Waals surface area contributed by atoms with Crippen molar-refractivity contribution in [3.63, 3.8) is 0 Å². The SMILES string of the molecule is CCC(=O)Nc1ccc(C(=O)CSc2nnnn2-c2ccc(OC)cc2)cc1. The van der Waals surface area contributed by atoms with Crippen molar-refractivity contribution in [1.82, 2.24) is 20.2 Å². The van der Waals surface area contributed by atoms with Gasteiger partial charge in [0.15, 0.2) is 5.78 Å². The van der Waals surface area contributed by atoms with Gasteiger partial charge in [0.05, 0.1) is 18.6 Å². The van der Waals surface area contributed by atoms with Crippen molar-refractivity contribution in [2.45, 2.75) is 18.5 Å². The van der Waals surface area contributed by atoms with Gasteiger partial charge in [0.1, 0.15) is 5.75 Å². The summed E-state index contributed by atoms with van der Waals surface area (Å²) < 4.78 is 6.72. The molecule has 0 bridgehead atoms. The lowest BCUT2D eigenvalue weighted by Crippen LogP contribution is -2.10. The molecule has 0 fully saturated rings. The summed E-state index contributed by atoms with van der Waals surface area (Å²) in [5.41, 5.74) is 2.00. The molecular formula is C19H19N5O3S. The van der Waals surface area contributed by atoms with E-state index in [0.29, 0.717) is 22.8 Å². The Morgan fingerprint density at radius 3 is 2.46 bits per heavy atom. The van der Waals surface area contributed by atoms with Crippen LogP contribution in [0.25, 0.3) is 5.69 Å². The Bertz CT molecular complexity index is 954. The van der Waals surface area contributed by atoms with Gasteiger partial charge in [-0.25, -0.2) is 0 Å². The van der Waals surface area contributed by atoms with Gasteiger partial charge in [0, 0.05) is 17.7 Å².